The predicted octanol–water partition coefficient (Wildman–Crippen LogP) is 5.64. The monoisotopic (exact) mass is 268 g/mol. The molecular weight excluding hydrogens is 252 g/mol. The van der Waals surface area contributed by atoms with Crippen LogP contribution in [-0.2, 0) is 6.42 Å². The fourth-order valence-electron chi connectivity index (χ4n) is 2.71. The molecule has 0 bridgehead atoms. The molecule has 0 N–H and O–H groups in total. The van der Waals surface area contributed by atoms with E-state index in [1.807, 2.05) is 12.1 Å². The molecule has 0 aromatic heterocycles. The van der Waals surface area contributed by atoms with Crippen molar-refractivity contribution in [3.8, 4) is 11.1 Å². The molecule has 0 fully saturated rings. The highest BCUT2D eigenvalue weighted by Gasteiger charge is 2.19. The normalized spacial score (nSPS) is 14.6. The lowest BCUT2D eigenvalue weighted by molar-refractivity contribution is 0.929. The third-order valence-electron chi connectivity index (χ3n) is 3.70. The number of allylic oxidation sites excluding steroid dienone is 2. The molecular formula is C18H17Cl. The average Bonchev–Trinajstić information content (AvgIpc) is 3.10. The summed E-state index contributed by atoms with van der Waals surface area (Å²) in [5, 5.41) is 0.888. The molecule has 4 rings (SSSR count). The highest BCUT2D eigenvalue weighted by molar-refractivity contribution is 6.32. The first kappa shape index (κ1) is 12.5. The Morgan fingerprint density at radius 2 is 1.53 bits per heavy atom. The molecule has 2 aromatic carbocycles. The molecule has 2 aliphatic carbocycles. The van der Waals surface area contributed by atoms with Gasteiger partial charge in [-0.3, -0.25) is 0 Å². The van der Waals surface area contributed by atoms with Crippen molar-refractivity contribution in [2.45, 2.75) is 25.7 Å². The third-order valence-corrected chi connectivity index (χ3v) is 4.06. The summed E-state index contributed by atoms with van der Waals surface area (Å²) in [6.07, 6.45) is 9.48. The molecule has 1 heteroatoms. The van der Waals surface area contributed by atoms with Crippen molar-refractivity contribution in [2.24, 2.45) is 0 Å². The zero-order chi connectivity index (χ0) is 13.1. The number of halogens is 1. The van der Waals surface area contributed by atoms with Crippen LogP contribution in [0.1, 0.15) is 30.4 Å². The van der Waals surface area contributed by atoms with Crippen molar-refractivity contribution >= 4 is 11.6 Å². The van der Waals surface area contributed by atoms with E-state index >= 15 is 0 Å². The Balaban J connectivity index is 0.000000187. The van der Waals surface area contributed by atoms with Gasteiger partial charge in [-0.05, 0) is 47.6 Å². The minimum Gasteiger partial charge on any atom is -0.0885 e. The molecule has 0 spiro atoms. The van der Waals surface area contributed by atoms with Crippen LogP contribution in [0.2, 0.25) is 5.02 Å². The van der Waals surface area contributed by atoms with Gasteiger partial charge in [0.15, 0.2) is 0 Å². The van der Waals surface area contributed by atoms with Gasteiger partial charge in [0.2, 0.25) is 0 Å². The number of fused-ring (bicyclic) bond motifs is 3. The Labute approximate surface area is 119 Å². The van der Waals surface area contributed by atoms with Crippen molar-refractivity contribution in [1.82, 2.24) is 0 Å². The maximum atomic E-state index is 6.16. The number of hydrogen-bond acceptors (Lipinski definition) is 0. The van der Waals surface area contributed by atoms with Crippen LogP contribution in [0.15, 0.2) is 54.6 Å². The van der Waals surface area contributed by atoms with Gasteiger partial charge in [-0.15, -0.1) is 0 Å². The standard InChI is InChI=1S/C13H9Cl.C5H8/c14-13-7-3-6-11-10-5-2-1-4-9(10)8-12(11)13;1-2-4-5-3-1/h1-7H,8H2;1-2H,3-5H2. The third kappa shape index (κ3) is 2.59. The number of benzene rings is 2. The van der Waals surface area contributed by atoms with Crippen LogP contribution in [0.25, 0.3) is 11.1 Å². The Kier molecular flexibility index (Phi) is 3.70. The minimum absolute atomic E-state index is 0.888. The zero-order valence-electron chi connectivity index (χ0n) is 10.9. The van der Waals surface area contributed by atoms with E-state index in [9.17, 15) is 0 Å². The Morgan fingerprint density at radius 1 is 0.789 bits per heavy atom. The summed E-state index contributed by atoms with van der Waals surface area (Å²) in [6, 6.07) is 14.6. The Morgan fingerprint density at radius 3 is 2.26 bits per heavy atom. The van der Waals surface area contributed by atoms with E-state index in [2.05, 4.69) is 42.5 Å². The van der Waals surface area contributed by atoms with Crippen LogP contribution in [-0.4, -0.2) is 0 Å². The second-order valence-corrected chi connectivity index (χ2v) is 5.41. The maximum absolute atomic E-state index is 6.16. The molecule has 0 aliphatic heterocycles. The first-order valence-corrected chi connectivity index (χ1v) is 7.25. The SMILES string of the molecule is C1=CCCC1.Clc1cccc2c1Cc1ccccc1-2. The molecule has 0 heterocycles. The molecule has 0 amide bonds. The summed E-state index contributed by atoms with van der Waals surface area (Å²) in [4.78, 5) is 0. The van der Waals surface area contributed by atoms with Crippen molar-refractivity contribution in [3.63, 3.8) is 0 Å². The van der Waals surface area contributed by atoms with E-state index in [-0.39, 0.29) is 0 Å². The van der Waals surface area contributed by atoms with Crippen LogP contribution in [0.3, 0.4) is 0 Å². The van der Waals surface area contributed by atoms with E-state index in [1.54, 1.807) is 0 Å². The quantitative estimate of drug-likeness (QED) is 0.463. The Hall–Kier alpha value is -1.53. The lowest BCUT2D eigenvalue weighted by Crippen LogP contribution is -1.80. The van der Waals surface area contributed by atoms with Crippen molar-refractivity contribution in [3.05, 3.63) is 70.8 Å². The molecule has 19 heavy (non-hydrogen) atoms. The molecule has 0 saturated heterocycles. The lowest BCUT2D eigenvalue weighted by Gasteiger charge is -2.00. The van der Waals surface area contributed by atoms with Gasteiger partial charge in [-0.1, -0.05) is 60.2 Å². The van der Waals surface area contributed by atoms with Crippen molar-refractivity contribution in [2.75, 3.05) is 0 Å². The largest absolute Gasteiger partial charge is 0.0885 e. The van der Waals surface area contributed by atoms with Gasteiger partial charge in [0.25, 0.3) is 0 Å². The minimum atomic E-state index is 0.888. The average molecular weight is 269 g/mol. The smallest absolute Gasteiger partial charge is 0.0447 e. The first-order chi connectivity index (χ1) is 9.36. The molecule has 0 saturated carbocycles. The molecule has 2 aliphatic rings. The highest BCUT2D eigenvalue weighted by Crippen LogP contribution is 2.39. The molecule has 0 radical (unpaired) electrons. The van der Waals surface area contributed by atoms with E-state index < -0.39 is 0 Å². The van der Waals surface area contributed by atoms with E-state index in [1.165, 1.54) is 41.5 Å². The summed E-state index contributed by atoms with van der Waals surface area (Å²) < 4.78 is 0. The van der Waals surface area contributed by atoms with Crippen LogP contribution < -0.4 is 0 Å². The van der Waals surface area contributed by atoms with Gasteiger partial charge in [-0.25, -0.2) is 0 Å². The molecule has 96 valence electrons. The lowest BCUT2D eigenvalue weighted by atomic mass is 10.1. The van der Waals surface area contributed by atoms with E-state index in [0.29, 0.717) is 0 Å². The summed E-state index contributed by atoms with van der Waals surface area (Å²) in [6.45, 7) is 0. The van der Waals surface area contributed by atoms with Gasteiger partial charge in [0.1, 0.15) is 0 Å². The number of hydrogen-bond donors (Lipinski definition) is 0. The fourth-order valence-corrected chi connectivity index (χ4v) is 2.95. The van der Waals surface area contributed by atoms with Gasteiger partial charge >= 0.3 is 0 Å². The van der Waals surface area contributed by atoms with Crippen LogP contribution in [0.5, 0.6) is 0 Å². The Bertz CT molecular complexity index is 605. The topological polar surface area (TPSA) is 0 Å². The maximum Gasteiger partial charge on any atom is 0.0447 e. The fraction of sp³-hybridized carbons (Fsp3) is 0.222. The molecule has 0 unspecified atom stereocenters. The van der Waals surface area contributed by atoms with E-state index in [4.69, 9.17) is 11.6 Å². The summed E-state index contributed by atoms with van der Waals surface area (Å²) in [7, 11) is 0. The summed E-state index contributed by atoms with van der Waals surface area (Å²) >= 11 is 6.16. The van der Waals surface area contributed by atoms with Gasteiger partial charge in [-0.2, -0.15) is 0 Å². The number of rotatable bonds is 0. The molecule has 2 aromatic rings. The molecule has 0 atom stereocenters. The zero-order valence-corrected chi connectivity index (χ0v) is 11.7. The van der Waals surface area contributed by atoms with E-state index in [0.717, 1.165) is 11.4 Å². The second kappa shape index (κ2) is 5.63. The first-order valence-electron chi connectivity index (χ1n) is 6.87. The summed E-state index contributed by atoms with van der Waals surface area (Å²) in [5.74, 6) is 0. The van der Waals surface area contributed by atoms with Crippen LogP contribution >= 0.6 is 11.6 Å². The van der Waals surface area contributed by atoms with Crippen LogP contribution in [0.4, 0.5) is 0 Å². The molecule has 0 nitrogen and oxygen atoms in total. The van der Waals surface area contributed by atoms with Crippen LogP contribution in [0, 0.1) is 0 Å². The highest BCUT2D eigenvalue weighted by atomic mass is 35.5. The van der Waals surface area contributed by atoms with Gasteiger partial charge in [0.05, 0.1) is 0 Å². The van der Waals surface area contributed by atoms with Crippen molar-refractivity contribution < 1.29 is 0 Å². The van der Waals surface area contributed by atoms with Crippen molar-refractivity contribution in [1.29, 1.82) is 0 Å². The van der Waals surface area contributed by atoms with Gasteiger partial charge in [0, 0.05) is 11.4 Å². The van der Waals surface area contributed by atoms with Gasteiger partial charge < -0.3 is 0 Å². The summed E-state index contributed by atoms with van der Waals surface area (Å²) in [5.41, 5.74) is 5.30. The predicted molar refractivity (Wildman–Crippen MR) is 82.7 cm³/mol. The second-order valence-electron chi connectivity index (χ2n) is 5.00.